The number of hydrogen-bond acceptors (Lipinski definition) is 3. The lowest BCUT2D eigenvalue weighted by Gasteiger charge is -2.30. The third-order valence-electron chi connectivity index (χ3n) is 3.91. The quantitative estimate of drug-likeness (QED) is 0.737. The zero-order valence-corrected chi connectivity index (χ0v) is 16.0. The number of carbonyl (C=O) groups excluding carboxylic acids is 2. The van der Waals surface area contributed by atoms with Crippen molar-refractivity contribution in [3.8, 4) is 0 Å². The molecule has 0 aromatic heterocycles. The van der Waals surface area contributed by atoms with Gasteiger partial charge in [0.25, 0.3) is 0 Å². The number of rotatable bonds is 4. The van der Waals surface area contributed by atoms with E-state index in [0.717, 1.165) is 15.6 Å². The van der Waals surface area contributed by atoms with Crippen molar-refractivity contribution in [1.82, 2.24) is 10.6 Å². The average Bonchev–Trinajstić information content (AvgIpc) is 2.61. The summed E-state index contributed by atoms with van der Waals surface area (Å²) in [5.41, 5.74) is 2.36. The molecule has 1 heterocycles. The fourth-order valence-corrected chi connectivity index (χ4v) is 3.35. The summed E-state index contributed by atoms with van der Waals surface area (Å²) in [6.07, 6.45) is -0.274. The largest absolute Gasteiger partial charge is 0.459 e. The molecule has 1 atom stereocenters. The van der Waals surface area contributed by atoms with E-state index in [1.165, 1.54) is 0 Å². The van der Waals surface area contributed by atoms with E-state index in [4.69, 9.17) is 4.74 Å². The summed E-state index contributed by atoms with van der Waals surface area (Å²) in [5.74, 6) is -0.466. The smallest absolute Gasteiger partial charge is 0.338 e. The van der Waals surface area contributed by atoms with Gasteiger partial charge in [-0.3, -0.25) is 0 Å². The second kappa shape index (κ2) is 7.74. The molecule has 0 fully saturated rings. The first-order chi connectivity index (χ1) is 12.5. The van der Waals surface area contributed by atoms with E-state index in [1.54, 1.807) is 13.8 Å². The number of benzene rings is 2. The standard InChI is InChI=1S/C20H19BrN2O3/c1-12(2)26-19(24)16-17(13-8-4-3-5-9-13)22-20(25)23-18(16)14-10-6-7-11-15(14)21/h3-12,18H,1-2H3,(H2,22,23,25). The minimum Gasteiger partial charge on any atom is -0.459 e. The molecule has 5 nitrogen and oxygen atoms in total. The van der Waals surface area contributed by atoms with Crippen LogP contribution in [-0.4, -0.2) is 18.1 Å². The highest BCUT2D eigenvalue weighted by atomic mass is 79.9. The number of esters is 1. The van der Waals surface area contributed by atoms with Gasteiger partial charge in [0.15, 0.2) is 0 Å². The van der Waals surface area contributed by atoms with Crippen molar-refractivity contribution < 1.29 is 14.3 Å². The Hall–Kier alpha value is -2.60. The average molecular weight is 415 g/mol. The molecule has 26 heavy (non-hydrogen) atoms. The van der Waals surface area contributed by atoms with Crippen LogP contribution in [0.2, 0.25) is 0 Å². The Balaban J connectivity index is 2.20. The van der Waals surface area contributed by atoms with E-state index < -0.39 is 12.0 Å². The maximum Gasteiger partial charge on any atom is 0.338 e. The highest BCUT2D eigenvalue weighted by molar-refractivity contribution is 9.10. The molecule has 0 bridgehead atoms. The van der Waals surface area contributed by atoms with Crippen LogP contribution in [-0.2, 0) is 9.53 Å². The molecule has 0 aliphatic carbocycles. The van der Waals surface area contributed by atoms with Gasteiger partial charge in [0.05, 0.1) is 23.4 Å². The normalized spacial score (nSPS) is 16.9. The predicted molar refractivity (Wildman–Crippen MR) is 103 cm³/mol. The summed E-state index contributed by atoms with van der Waals surface area (Å²) in [5, 5.41) is 5.61. The molecule has 2 aromatic carbocycles. The summed E-state index contributed by atoms with van der Waals surface area (Å²) >= 11 is 3.51. The Kier molecular flexibility index (Phi) is 5.42. The first kappa shape index (κ1) is 18.2. The van der Waals surface area contributed by atoms with Gasteiger partial charge in [0, 0.05) is 4.47 Å². The van der Waals surface area contributed by atoms with Crippen molar-refractivity contribution in [2.24, 2.45) is 0 Å². The van der Waals surface area contributed by atoms with Crippen LogP contribution < -0.4 is 10.6 Å². The fourth-order valence-electron chi connectivity index (χ4n) is 2.84. The van der Waals surface area contributed by atoms with Gasteiger partial charge in [-0.2, -0.15) is 0 Å². The number of carbonyl (C=O) groups is 2. The summed E-state index contributed by atoms with van der Waals surface area (Å²) in [6.45, 7) is 3.59. The van der Waals surface area contributed by atoms with E-state index in [1.807, 2.05) is 54.6 Å². The Labute approximate surface area is 160 Å². The van der Waals surface area contributed by atoms with Crippen LogP contribution in [0.15, 0.2) is 64.6 Å². The minimum atomic E-state index is -0.624. The molecule has 1 unspecified atom stereocenters. The Morgan fingerprint density at radius 2 is 1.73 bits per heavy atom. The predicted octanol–water partition coefficient (Wildman–Crippen LogP) is 4.17. The maximum absolute atomic E-state index is 12.9. The summed E-state index contributed by atoms with van der Waals surface area (Å²) in [7, 11) is 0. The fraction of sp³-hybridized carbons (Fsp3) is 0.200. The van der Waals surface area contributed by atoms with Gasteiger partial charge in [-0.05, 0) is 31.0 Å². The molecule has 0 saturated carbocycles. The van der Waals surface area contributed by atoms with Gasteiger partial charge in [0.2, 0.25) is 0 Å². The van der Waals surface area contributed by atoms with Crippen molar-refractivity contribution in [2.45, 2.75) is 26.0 Å². The summed E-state index contributed by atoms with van der Waals surface area (Å²) < 4.78 is 6.27. The number of halogens is 1. The third kappa shape index (κ3) is 3.80. The summed E-state index contributed by atoms with van der Waals surface area (Å²) in [6, 6.07) is 15.8. The van der Waals surface area contributed by atoms with Crippen LogP contribution >= 0.6 is 15.9 Å². The second-order valence-corrected chi connectivity index (χ2v) is 7.02. The lowest BCUT2D eigenvalue weighted by molar-refractivity contribution is -0.143. The van der Waals surface area contributed by atoms with Gasteiger partial charge >= 0.3 is 12.0 Å². The monoisotopic (exact) mass is 414 g/mol. The number of amides is 2. The molecular weight excluding hydrogens is 396 g/mol. The lowest BCUT2D eigenvalue weighted by Crippen LogP contribution is -2.45. The van der Waals surface area contributed by atoms with Crippen molar-refractivity contribution in [2.75, 3.05) is 0 Å². The van der Waals surface area contributed by atoms with Crippen LogP contribution in [0.1, 0.15) is 31.0 Å². The zero-order valence-electron chi connectivity index (χ0n) is 14.5. The first-order valence-electron chi connectivity index (χ1n) is 8.30. The number of hydrogen-bond donors (Lipinski definition) is 2. The highest BCUT2D eigenvalue weighted by Crippen LogP contribution is 2.35. The highest BCUT2D eigenvalue weighted by Gasteiger charge is 2.35. The molecule has 6 heteroatoms. The van der Waals surface area contributed by atoms with Gasteiger partial charge in [0.1, 0.15) is 0 Å². The molecule has 0 radical (unpaired) electrons. The number of urea groups is 1. The minimum absolute atomic E-state index is 0.274. The summed E-state index contributed by atoms with van der Waals surface area (Å²) in [4.78, 5) is 25.2. The number of ether oxygens (including phenoxy) is 1. The van der Waals surface area contributed by atoms with Crippen LogP contribution in [0.4, 0.5) is 4.79 Å². The molecule has 2 N–H and O–H groups in total. The molecule has 0 spiro atoms. The number of nitrogens with one attached hydrogen (secondary N) is 2. The molecule has 3 rings (SSSR count). The Morgan fingerprint density at radius 3 is 2.38 bits per heavy atom. The van der Waals surface area contributed by atoms with Crippen molar-refractivity contribution >= 4 is 33.6 Å². The van der Waals surface area contributed by atoms with E-state index in [0.29, 0.717) is 11.3 Å². The van der Waals surface area contributed by atoms with Crippen LogP contribution in [0.3, 0.4) is 0 Å². The maximum atomic E-state index is 12.9. The van der Waals surface area contributed by atoms with E-state index >= 15 is 0 Å². The molecule has 2 amide bonds. The lowest BCUT2D eigenvalue weighted by atomic mass is 9.92. The van der Waals surface area contributed by atoms with Gasteiger partial charge in [-0.15, -0.1) is 0 Å². The third-order valence-corrected chi connectivity index (χ3v) is 4.64. The molecule has 2 aromatic rings. The molecule has 0 saturated heterocycles. The van der Waals surface area contributed by atoms with E-state index in [2.05, 4.69) is 26.6 Å². The zero-order chi connectivity index (χ0) is 18.7. The molecular formula is C20H19BrN2O3. The van der Waals surface area contributed by atoms with Crippen LogP contribution in [0.5, 0.6) is 0 Å². The topological polar surface area (TPSA) is 67.4 Å². The van der Waals surface area contributed by atoms with Crippen molar-refractivity contribution in [1.29, 1.82) is 0 Å². The van der Waals surface area contributed by atoms with Crippen molar-refractivity contribution in [3.05, 3.63) is 75.8 Å². The first-order valence-corrected chi connectivity index (χ1v) is 9.09. The van der Waals surface area contributed by atoms with Crippen LogP contribution in [0.25, 0.3) is 5.70 Å². The SMILES string of the molecule is CC(C)OC(=O)C1=C(c2ccccc2)NC(=O)NC1c1ccccc1Br. The van der Waals surface area contributed by atoms with Crippen molar-refractivity contribution in [3.63, 3.8) is 0 Å². The van der Waals surface area contributed by atoms with E-state index in [-0.39, 0.29) is 12.1 Å². The molecule has 1 aliphatic heterocycles. The van der Waals surface area contributed by atoms with E-state index in [9.17, 15) is 9.59 Å². The Morgan fingerprint density at radius 1 is 1.08 bits per heavy atom. The van der Waals surface area contributed by atoms with Crippen LogP contribution in [0, 0.1) is 0 Å². The second-order valence-electron chi connectivity index (χ2n) is 6.16. The van der Waals surface area contributed by atoms with Gasteiger partial charge in [-0.25, -0.2) is 9.59 Å². The molecule has 134 valence electrons. The molecule has 1 aliphatic rings. The van der Waals surface area contributed by atoms with Gasteiger partial charge < -0.3 is 15.4 Å². The van der Waals surface area contributed by atoms with Gasteiger partial charge in [-0.1, -0.05) is 64.5 Å². The Bertz CT molecular complexity index is 862.